The number of allylic oxidation sites excluding steroid dienone is 4. The normalized spacial score (nSPS) is 10.0. The quantitative estimate of drug-likeness (QED) is 0.455. The summed E-state index contributed by atoms with van der Waals surface area (Å²) in [6.07, 6.45) is 2.84. The summed E-state index contributed by atoms with van der Waals surface area (Å²) in [5.41, 5.74) is -2.14. The van der Waals surface area contributed by atoms with Gasteiger partial charge in [-0.2, -0.15) is 0 Å². The van der Waals surface area contributed by atoms with Crippen molar-refractivity contribution in [3.05, 3.63) is 50.6 Å². The van der Waals surface area contributed by atoms with Gasteiger partial charge in [-0.15, -0.1) is 0 Å². The Labute approximate surface area is 105 Å². The molecule has 94 valence electrons. The summed E-state index contributed by atoms with van der Waals surface area (Å²) in [7, 11) is 0. The molecule has 0 saturated heterocycles. The first-order chi connectivity index (χ1) is 8.40. The third-order valence-corrected chi connectivity index (χ3v) is 2.49. The fourth-order valence-electron chi connectivity index (χ4n) is 1.48. The zero-order valence-corrected chi connectivity index (χ0v) is 9.98. The van der Waals surface area contributed by atoms with Crippen LogP contribution in [0.5, 0.6) is 0 Å². The molecular weight excluding hydrogens is 232 g/mol. The lowest BCUT2D eigenvalue weighted by atomic mass is 9.71. The molecule has 0 unspecified atom stereocenters. The van der Waals surface area contributed by atoms with Gasteiger partial charge in [0.15, 0.2) is 28.5 Å². The van der Waals surface area contributed by atoms with Gasteiger partial charge in [-0.1, -0.05) is 26.3 Å². The second kappa shape index (κ2) is 6.39. The molecule has 0 aromatic rings. The number of carbonyl (C=O) groups excluding carboxylic acids is 4. The van der Waals surface area contributed by atoms with E-state index >= 15 is 0 Å². The predicted octanol–water partition coefficient (Wildman–Crippen LogP) is 1.38. The maximum Gasteiger partial charge on any atom is 0.177 e. The summed E-state index contributed by atoms with van der Waals surface area (Å²) in [5.74, 6) is -3.16. The first-order valence-corrected chi connectivity index (χ1v) is 5.06. The highest BCUT2D eigenvalue weighted by Crippen LogP contribution is 2.29. The van der Waals surface area contributed by atoms with Crippen molar-refractivity contribution in [2.45, 2.75) is 6.42 Å². The van der Waals surface area contributed by atoms with Crippen LogP contribution in [0.2, 0.25) is 0 Å². The van der Waals surface area contributed by atoms with Crippen LogP contribution in [0.3, 0.4) is 0 Å². The Balaban J connectivity index is 6.00. The third kappa shape index (κ3) is 2.66. The van der Waals surface area contributed by atoms with Crippen molar-refractivity contribution in [2.24, 2.45) is 5.41 Å². The van der Waals surface area contributed by atoms with Crippen LogP contribution in [0.25, 0.3) is 0 Å². The molecule has 0 saturated carbocycles. The smallest absolute Gasteiger partial charge is 0.177 e. The minimum Gasteiger partial charge on any atom is -0.295 e. The number of hydrogen-bond donors (Lipinski definition) is 0. The maximum atomic E-state index is 11.8. The molecule has 0 aliphatic heterocycles. The van der Waals surface area contributed by atoms with E-state index < -0.39 is 35.0 Å². The lowest BCUT2D eigenvalue weighted by molar-refractivity contribution is -0.145. The van der Waals surface area contributed by atoms with Crippen LogP contribution >= 0.6 is 0 Å². The van der Waals surface area contributed by atoms with Crippen LogP contribution in [0.4, 0.5) is 0 Å². The fourth-order valence-corrected chi connectivity index (χ4v) is 1.48. The summed E-state index contributed by atoms with van der Waals surface area (Å²) >= 11 is 0. The van der Waals surface area contributed by atoms with Gasteiger partial charge in [0.1, 0.15) is 0 Å². The van der Waals surface area contributed by atoms with Crippen molar-refractivity contribution >= 4 is 23.1 Å². The van der Waals surface area contributed by atoms with Crippen molar-refractivity contribution in [3.8, 4) is 0 Å². The molecule has 0 radical (unpaired) electrons. The summed E-state index contributed by atoms with van der Waals surface area (Å²) < 4.78 is 0. The van der Waals surface area contributed by atoms with Gasteiger partial charge in [-0.05, 0) is 24.3 Å². The highest BCUT2D eigenvalue weighted by Gasteiger charge is 2.49. The molecule has 0 rings (SSSR count). The number of ketones is 4. The first-order valence-electron chi connectivity index (χ1n) is 5.06. The van der Waals surface area contributed by atoms with Gasteiger partial charge in [0, 0.05) is 6.42 Å². The predicted molar refractivity (Wildman–Crippen MR) is 67.9 cm³/mol. The topological polar surface area (TPSA) is 68.3 Å². The van der Waals surface area contributed by atoms with E-state index in [1.165, 1.54) is 0 Å². The number of hydrogen-bond acceptors (Lipinski definition) is 4. The summed E-state index contributed by atoms with van der Waals surface area (Å²) in [4.78, 5) is 46.9. The van der Waals surface area contributed by atoms with Crippen molar-refractivity contribution in [2.75, 3.05) is 0 Å². The van der Waals surface area contributed by atoms with Gasteiger partial charge in [0.25, 0.3) is 0 Å². The van der Waals surface area contributed by atoms with E-state index in [0.29, 0.717) is 0 Å². The van der Waals surface area contributed by atoms with Gasteiger partial charge >= 0.3 is 0 Å². The molecule has 18 heavy (non-hydrogen) atoms. The highest BCUT2D eigenvalue weighted by atomic mass is 16.2. The van der Waals surface area contributed by atoms with Gasteiger partial charge in [-0.3, -0.25) is 19.2 Å². The highest BCUT2D eigenvalue weighted by molar-refractivity contribution is 6.33. The van der Waals surface area contributed by atoms with Crippen molar-refractivity contribution in [3.63, 3.8) is 0 Å². The Morgan fingerprint density at radius 3 is 1.28 bits per heavy atom. The largest absolute Gasteiger partial charge is 0.295 e. The van der Waals surface area contributed by atoms with E-state index in [9.17, 15) is 19.2 Å². The minimum absolute atomic E-state index is 0.600. The van der Waals surface area contributed by atoms with E-state index in [4.69, 9.17) is 0 Å². The number of rotatable bonds is 9. The minimum atomic E-state index is -2.14. The lowest BCUT2D eigenvalue weighted by Gasteiger charge is -2.24. The third-order valence-electron chi connectivity index (χ3n) is 2.49. The van der Waals surface area contributed by atoms with Crippen LogP contribution in [0, 0.1) is 5.41 Å². The van der Waals surface area contributed by atoms with Crippen LogP contribution < -0.4 is 0 Å². The van der Waals surface area contributed by atoms with E-state index in [-0.39, 0.29) is 0 Å². The monoisotopic (exact) mass is 246 g/mol. The Hall–Kier alpha value is -2.36. The molecule has 0 aromatic heterocycles. The lowest BCUT2D eigenvalue weighted by Crippen LogP contribution is -2.45. The molecule has 0 bridgehead atoms. The molecule has 4 heteroatoms. The fraction of sp³-hybridized carbons (Fsp3) is 0.143. The molecule has 4 nitrogen and oxygen atoms in total. The van der Waals surface area contributed by atoms with Crippen molar-refractivity contribution in [1.29, 1.82) is 0 Å². The van der Waals surface area contributed by atoms with Gasteiger partial charge in [-0.25, -0.2) is 0 Å². The van der Waals surface area contributed by atoms with Gasteiger partial charge in [0.05, 0.1) is 0 Å². The average molecular weight is 246 g/mol. The first kappa shape index (κ1) is 15.6. The Morgan fingerprint density at radius 1 is 0.722 bits per heavy atom. The van der Waals surface area contributed by atoms with Gasteiger partial charge in [0.2, 0.25) is 0 Å². The molecule has 0 spiro atoms. The molecule has 0 aromatic carbocycles. The molecule has 0 atom stereocenters. The molecule has 0 fully saturated rings. The molecular formula is C14H14O4. The molecule has 0 aliphatic rings. The SMILES string of the molecule is C=CC(=O)CC(C(=O)C=C)(C(=O)C=C)C(=O)C=C. The van der Waals surface area contributed by atoms with Crippen LogP contribution in [-0.2, 0) is 19.2 Å². The molecule has 0 heterocycles. The van der Waals surface area contributed by atoms with Crippen LogP contribution in [0.1, 0.15) is 6.42 Å². The molecule has 0 aliphatic carbocycles. The van der Waals surface area contributed by atoms with E-state index in [2.05, 4.69) is 26.3 Å². The maximum absolute atomic E-state index is 11.8. The van der Waals surface area contributed by atoms with Crippen molar-refractivity contribution < 1.29 is 19.2 Å². The average Bonchev–Trinajstić information content (AvgIpc) is 2.41. The van der Waals surface area contributed by atoms with E-state index in [1.807, 2.05) is 0 Å². The molecule has 0 amide bonds. The second-order valence-electron chi connectivity index (χ2n) is 3.46. The van der Waals surface area contributed by atoms with Crippen LogP contribution in [0.15, 0.2) is 50.6 Å². The zero-order valence-electron chi connectivity index (χ0n) is 9.98. The zero-order chi connectivity index (χ0) is 14.3. The van der Waals surface area contributed by atoms with Crippen molar-refractivity contribution in [1.82, 2.24) is 0 Å². The summed E-state index contributed by atoms with van der Waals surface area (Å²) in [6, 6.07) is 0. The standard InChI is InChI=1S/C14H14O4/c1-5-10(15)9-14(11(16)6-2,12(17)7-3)13(18)8-4/h5-8H,1-4,9H2. The van der Waals surface area contributed by atoms with E-state index in [1.54, 1.807) is 0 Å². The Bertz CT molecular complexity index is 404. The molecule has 0 N–H and O–H groups in total. The second-order valence-corrected chi connectivity index (χ2v) is 3.46. The van der Waals surface area contributed by atoms with E-state index in [0.717, 1.165) is 24.3 Å². The number of carbonyl (C=O) groups is 4. The summed E-state index contributed by atoms with van der Waals surface area (Å²) in [6.45, 7) is 12.9. The van der Waals surface area contributed by atoms with Gasteiger partial charge < -0.3 is 0 Å². The van der Waals surface area contributed by atoms with Crippen LogP contribution in [-0.4, -0.2) is 23.1 Å². The summed E-state index contributed by atoms with van der Waals surface area (Å²) in [5, 5.41) is 0. The Morgan fingerprint density at radius 2 is 1.06 bits per heavy atom. The Kier molecular flexibility index (Phi) is 5.56.